The first-order chi connectivity index (χ1) is 9.29. The summed E-state index contributed by atoms with van der Waals surface area (Å²) in [6.07, 6.45) is 5.08. The zero-order valence-electron chi connectivity index (χ0n) is 11.5. The van der Waals surface area contributed by atoms with E-state index in [1.165, 1.54) is 6.42 Å². The van der Waals surface area contributed by atoms with Gasteiger partial charge in [-0.05, 0) is 37.8 Å². The van der Waals surface area contributed by atoms with Gasteiger partial charge in [0.25, 0.3) is 0 Å². The highest BCUT2D eigenvalue weighted by atomic mass is 16.5. The number of nitrogens with two attached hydrogens (primary N) is 1. The first-order valence-corrected chi connectivity index (χ1v) is 6.91. The van der Waals surface area contributed by atoms with E-state index in [0.717, 1.165) is 25.0 Å². The summed E-state index contributed by atoms with van der Waals surface area (Å²) in [7, 11) is 1.77. The molecule has 1 saturated carbocycles. The molecule has 106 valence electrons. The molecule has 0 bridgehead atoms. The summed E-state index contributed by atoms with van der Waals surface area (Å²) in [5.41, 5.74) is 6.47. The Hall–Kier alpha value is -1.26. The van der Waals surface area contributed by atoms with Crippen LogP contribution < -0.4 is 10.5 Å². The third-order valence-electron chi connectivity index (χ3n) is 3.52. The van der Waals surface area contributed by atoms with Gasteiger partial charge in [0.1, 0.15) is 12.4 Å². The van der Waals surface area contributed by atoms with E-state index in [4.69, 9.17) is 19.9 Å². The fourth-order valence-corrected chi connectivity index (χ4v) is 2.45. The predicted octanol–water partition coefficient (Wildman–Crippen LogP) is 2.62. The van der Waals surface area contributed by atoms with Crippen molar-refractivity contribution in [2.45, 2.75) is 37.9 Å². The van der Waals surface area contributed by atoms with E-state index < -0.39 is 0 Å². The van der Waals surface area contributed by atoms with E-state index >= 15 is 0 Å². The fraction of sp³-hybridized carbons (Fsp3) is 0.600. The summed E-state index contributed by atoms with van der Waals surface area (Å²) in [5, 5.41) is 0. The fourth-order valence-electron chi connectivity index (χ4n) is 2.45. The van der Waals surface area contributed by atoms with Crippen molar-refractivity contribution >= 4 is 5.69 Å². The Kier molecular flexibility index (Phi) is 5.48. The van der Waals surface area contributed by atoms with E-state index in [2.05, 4.69) is 0 Å². The maximum atomic E-state index is 5.83. The minimum Gasteiger partial charge on any atom is -0.489 e. The number of nitrogen functional groups attached to an aromatic ring is 1. The molecule has 0 saturated heterocycles. The van der Waals surface area contributed by atoms with Crippen LogP contribution in [0.3, 0.4) is 0 Å². The van der Waals surface area contributed by atoms with Crippen molar-refractivity contribution in [2.24, 2.45) is 0 Å². The van der Waals surface area contributed by atoms with Crippen LogP contribution in [0.1, 0.15) is 25.7 Å². The molecule has 1 aromatic carbocycles. The van der Waals surface area contributed by atoms with Gasteiger partial charge >= 0.3 is 0 Å². The van der Waals surface area contributed by atoms with Gasteiger partial charge in [-0.3, -0.25) is 0 Å². The lowest BCUT2D eigenvalue weighted by molar-refractivity contribution is -0.0361. The highest BCUT2D eigenvalue weighted by molar-refractivity contribution is 5.51. The summed E-state index contributed by atoms with van der Waals surface area (Å²) in [6, 6.07) is 7.51. The maximum absolute atomic E-state index is 5.83. The van der Waals surface area contributed by atoms with Gasteiger partial charge in [-0.25, -0.2) is 0 Å². The second kappa shape index (κ2) is 7.36. The molecule has 19 heavy (non-hydrogen) atoms. The van der Waals surface area contributed by atoms with Crippen LogP contribution in [0.25, 0.3) is 0 Å². The van der Waals surface area contributed by atoms with Gasteiger partial charge in [-0.2, -0.15) is 0 Å². The molecule has 2 rings (SSSR count). The normalized spacial score (nSPS) is 23.2. The van der Waals surface area contributed by atoms with Gasteiger partial charge in [0.15, 0.2) is 0 Å². The first kappa shape index (κ1) is 14.2. The minimum absolute atomic E-state index is 0.301. The average molecular weight is 265 g/mol. The van der Waals surface area contributed by atoms with Crippen molar-refractivity contribution in [1.29, 1.82) is 0 Å². The smallest absolute Gasteiger partial charge is 0.142 e. The molecule has 0 heterocycles. The molecule has 0 radical (unpaired) electrons. The Balaban J connectivity index is 1.65. The van der Waals surface area contributed by atoms with Crippen LogP contribution in [-0.4, -0.2) is 32.5 Å². The van der Waals surface area contributed by atoms with E-state index in [0.29, 0.717) is 31.1 Å². The summed E-state index contributed by atoms with van der Waals surface area (Å²) >= 11 is 0. The van der Waals surface area contributed by atoms with Crippen molar-refractivity contribution in [1.82, 2.24) is 0 Å². The Morgan fingerprint density at radius 1 is 1.16 bits per heavy atom. The molecule has 4 nitrogen and oxygen atoms in total. The highest BCUT2D eigenvalue weighted by Crippen LogP contribution is 2.23. The molecule has 1 aromatic rings. The van der Waals surface area contributed by atoms with Crippen molar-refractivity contribution < 1.29 is 14.2 Å². The van der Waals surface area contributed by atoms with Gasteiger partial charge in [0.05, 0.1) is 24.5 Å². The van der Waals surface area contributed by atoms with E-state index in [-0.39, 0.29) is 0 Å². The molecule has 4 heteroatoms. The number of rotatable bonds is 6. The Labute approximate surface area is 114 Å². The summed E-state index contributed by atoms with van der Waals surface area (Å²) < 4.78 is 16.8. The van der Waals surface area contributed by atoms with Crippen LogP contribution in [0.2, 0.25) is 0 Å². The standard InChI is InChI=1S/C15H23NO3/c1-17-12-5-4-6-13(11-12)18-9-10-19-15-8-3-2-7-14(15)16/h2-3,7-8,12-13H,4-6,9-11,16H2,1H3. The maximum Gasteiger partial charge on any atom is 0.142 e. The van der Waals surface area contributed by atoms with Crippen LogP contribution in [0, 0.1) is 0 Å². The molecular formula is C15H23NO3. The molecule has 1 fully saturated rings. The molecule has 1 aliphatic rings. The molecule has 0 amide bonds. The summed E-state index contributed by atoms with van der Waals surface area (Å²) in [5.74, 6) is 0.726. The largest absolute Gasteiger partial charge is 0.489 e. The molecular weight excluding hydrogens is 242 g/mol. The average Bonchev–Trinajstić information content (AvgIpc) is 2.45. The molecule has 1 aliphatic carbocycles. The zero-order chi connectivity index (χ0) is 13.5. The first-order valence-electron chi connectivity index (χ1n) is 6.91. The number of hydrogen-bond acceptors (Lipinski definition) is 4. The quantitative estimate of drug-likeness (QED) is 0.634. The lowest BCUT2D eigenvalue weighted by Crippen LogP contribution is -2.28. The molecule has 2 atom stereocenters. The lowest BCUT2D eigenvalue weighted by atomic mass is 9.95. The molecule has 2 N–H and O–H groups in total. The number of methoxy groups -OCH3 is 1. The SMILES string of the molecule is COC1CCCC(OCCOc2ccccc2N)C1. The van der Waals surface area contributed by atoms with Gasteiger partial charge in [0.2, 0.25) is 0 Å². The molecule has 0 aromatic heterocycles. The third kappa shape index (κ3) is 4.40. The molecule has 0 spiro atoms. The topological polar surface area (TPSA) is 53.7 Å². The lowest BCUT2D eigenvalue weighted by Gasteiger charge is -2.28. The van der Waals surface area contributed by atoms with Crippen molar-refractivity contribution in [3.63, 3.8) is 0 Å². The Morgan fingerprint density at radius 2 is 1.95 bits per heavy atom. The van der Waals surface area contributed by atoms with Crippen molar-refractivity contribution in [3.8, 4) is 5.75 Å². The second-order valence-electron chi connectivity index (χ2n) is 4.90. The second-order valence-corrected chi connectivity index (χ2v) is 4.90. The van der Waals surface area contributed by atoms with Crippen LogP contribution in [0.15, 0.2) is 24.3 Å². The van der Waals surface area contributed by atoms with Crippen LogP contribution in [-0.2, 0) is 9.47 Å². The number of ether oxygens (including phenoxy) is 3. The van der Waals surface area contributed by atoms with Gasteiger partial charge in [-0.15, -0.1) is 0 Å². The highest BCUT2D eigenvalue weighted by Gasteiger charge is 2.21. The van der Waals surface area contributed by atoms with Crippen molar-refractivity contribution in [3.05, 3.63) is 24.3 Å². The predicted molar refractivity (Wildman–Crippen MR) is 75.4 cm³/mol. The van der Waals surface area contributed by atoms with Gasteiger partial charge in [0, 0.05) is 7.11 Å². The summed E-state index contributed by atoms with van der Waals surface area (Å²) in [6.45, 7) is 1.12. The zero-order valence-corrected chi connectivity index (χ0v) is 11.5. The van der Waals surface area contributed by atoms with Crippen LogP contribution in [0.5, 0.6) is 5.75 Å². The van der Waals surface area contributed by atoms with E-state index in [1.807, 2.05) is 24.3 Å². The third-order valence-corrected chi connectivity index (χ3v) is 3.52. The summed E-state index contributed by atoms with van der Waals surface area (Å²) in [4.78, 5) is 0. The van der Waals surface area contributed by atoms with Gasteiger partial charge < -0.3 is 19.9 Å². The van der Waals surface area contributed by atoms with E-state index in [1.54, 1.807) is 7.11 Å². The minimum atomic E-state index is 0.301. The van der Waals surface area contributed by atoms with Crippen LogP contribution >= 0.6 is 0 Å². The number of benzene rings is 1. The van der Waals surface area contributed by atoms with Crippen molar-refractivity contribution in [2.75, 3.05) is 26.1 Å². The molecule has 0 aliphatic heterocycles. The molecule has 2 unspecified atom stereocenters. The number of hydrogen-bond donors (Lipinski definition) is 1. The van der Waals surface area contributed by atoms with Gasteiger partial charge in [-0.1, -0.05) is 12.1 Å². The van der Waals surface area contributed by atoms with Crippen LogP contribution in [0.4, 0.5) is 5.69 Å². The number of anilines is 1. The Morgan fingerprint density at radius 3 is 2.74 bits per heavy atom. The monoisotopic (exact) mass is 265 g/mol. The Bertz CT molecular complexity index is 383. The van der Waals surface area contributed by atoms with E-state index in [9.17, 15) is 0 Å². The number of para-hydroxylation sites is 2.